The fourth-order valence-corrected chi connectivity index (χ4v) is 4.07. The summed E-state index contributed by atoms with van der Waals surface area (Å²) in [4.78, 5) is 49.6. The maximum Gasteiger partial charge on any atom is 0.193 e. The van der Waals surface area contributed by atoms with E-state index >= 15 is 0 Å². The number of hydrogen-bond acceptors (Lipinski definition) is 4. The highest BCUT2D eigenvalue weighted by Crippen LogP contribution is 2.19. The van der Waals surface area contributed by atoms with Crippen molar-refractivity contribution in [2.45, 2.75) is 20.3 Å². The molecule has 0 N–H and O–H groups in total. The van der Waals surface area contributed by atoms with Crippen molar-refractivity contribution in [1.82, 2.24) is 0 Å². The molecular weight excluding hydrogens is 436 g/mol. The van der Waals surface area contributed by atoms with E-state index in [1.807, 2.05) is 24.3 Å². The maximum absolute atomic E-state index is 12.9. The topological polar surface area (TPSA) is 68.3 Å². The summed E-state index contributed by atoms with van der Waals surface area (Å²) in [6, 6.07) is 28.3. The average Bonchev–Trinajstić information content (AvgIpc) is 2.88. The number of benzene rings is 4. The normalized spacial score (nSPS) is 10.6. The van der Waals surface area contributed by atoms with Crippen LogP contribution in [-0.2, 0) is 6.42 Å². The third-order valence-electron chi connectivity index (χ3n) is 5.94. The molecular formula is C31H24O4. The zero-order valence-corrected chi connectivity index (χ0v) is 19.6. The number of Topliss-reactive ketones (excluding diaryl/α,β-unsaturated/α-hetero) is 2. The minimum absolute atomic E-state index is 0.141. The number of ketones is 4. The van der Waals surface area contributed by atoms with Gasteiger partial charge < -0.3 is 0 Å². The molecule has 0 saturated heterocycles. The van der Waals surface area contributed by atoms with E-state index < -0.39 is 0 Å². The lowest BCUT2D eigenvalue weighted by Gasteiger charge is -2.09. The third kappa shape index (κ3) is 5.22. The van der Waals surface area contributed by atoms with Crippen LogP contribution in [0.25, 0.3) is 0 Å². The molecule has 172 valence electrons. The standard InChI is InChI=1S/C31H24O4/c1-20(32)26-7-3-5-9-28(26)30(34)24-15-11-22(12-16-24)19-23-13-17-25(18-14-23)31(35)29-10-6-4-8-27(29)21(2)33/h3-18H,19H2,1-2H3. The molecule has 0 aliphatic rings. The smallest absolute Gasteiger partial charge is 0.193 e. The molecule has 4 aromatic rings. The largest absolute Gasteiger partial charge is 0.294 e. The van der Waals surface area contributed by atoms with Gasteiger partial charge in [0.2, 0.25) is 0 Å². The van der Waals surface area contributed by atoms with Gasteiger partial charge in [-0.05, 0) is 31.4 Å². The summed E-state index contributed by atoms with van der Waals surface area (Å²) in [5.74, 6) is -0.651. The Hall–Kier alpha value is -4.44. The summed E-state index contributed by atoms with van der Waals surface area (Å²) < 4.78 is 0. The zero-order chi connectivity index (χ0) is 24.9. The summed E-state index contributed by atoms with van der Waals surface area (Å²) >= 11 is 0. The summed E-state index contributed by atoms with van der Waals surface area (Å²) in [6.45, 7) is 2.91. The lowest BCUT2D eigenvalue weighted by molar-refractivity contribution is 0.0989. The van der Waals surface area contributed by atoms with Crippen molar-refractivity contribution in [2.24, 2.45) is 0 Å². The Balaban J connectivity index is 1.48. The van der Waals surface area contributed by atoms with Crippen LogP contribution in [0.4, 0.5) is 0 Å². The Morgan fingerprint density at radius 1 is 0.457 bits per heavy atom. The van der Waals surface area contributed by atoms with Crippen LogP contribution >= 0.6 is 0 Å². The lowest BCUT2D eigenvalue weighted by Crippen LogP contribution is -2.08. The summed E-state index contributed by atoms with van der Waals surface area (Å²) in [5, 5.41) is 0. The second kappa shape index (κ2) is 10.2. The van der Waals surface area contributed by atoms with E-state index in [2.05, 4.69) is 0 Å². The van der Waals surface area contributed by atoms with E-state index in [1.165, 1.54) is 13.8 Å². The van der Waals surface area contributed by atoms with Gasteiger partial charge in [0.15, 0.2) is 23.1 Å². The highest BCUT2D eigenvalue weighted by molar-refractivity contribution is 6.16. The van der Waals surface area contributed by atoms with E-state index in [1.54, 1.807) is 72.8 Å². The summed E-state index contributed by atoms with van der Waals surface area (Å²) in [7, 11) is 0. The third-order valence-corrected chi connectivity index (χ3v) is 5.94. The molecule has 0 saturated carbocycles. The Bertz CT molecular complexity index is 1320. The van der Waals surface area contributed by atoms with Crippen LogP contribution in [-0.4, -0.2) is 23.1 Å². The van der Waals surface area contributed by atoms with Gasteiger partial charge in [0.1, 0.15) is 0 Å². The maximum atomic E-state index is 12.9. The van der Waals surface area contributed by atoms with Gasteiger partial charge in [0.25, 0.3) is 0 Å². The predicted octanol–water partition coefficient (Wildman–Crippen LogP) is 6.14. The molecule has 4 rings (SSSR count). The van der Waals surface area contributed by atoms with Gasteiger partial charge in [-0.25, -0.2) is 0 Å². The van der Waals surface area contributed by atoms with Crippen LogP contribution in [0.5, 0.6) is 0 Å². The fraction of sp³-hybridized carbons (Fsp3) is 0.0968. The molecule has 0 atom stereocenters. The first kappa shape index (κ1) is 23.7. The van der Waals surface area contributed by atoms with Gasteiger partial charge in [-0.15, -0.1) is 0 Å². The fourth-order valence-electron chi connectivity index (χ4n) is 4.07. The molecule has 0 heterocycles. The highest BCUT2D eigenvalue weighted by Gasteiger charge is 2.17. The molecule has 0 unspecified atom stereocenters. The molecule has 0 fully saturated rings. The van der Waals surface area contributed by atoms with Crippen LogP contribution in [0.1, 0.15) is 77.5 Å². The van der Waals surface area contributed by atoms with Gasteiger partial charge in [-0.3, -0.25) is 19.2 Å². The number of carbonyl (C=O) groups is 4. The second-order valence-electron chi connectivity index (χ2n) is 8.43. The van der Waals surface area contributed by atoms with Gasteiger partial charge in [-0.1, -0.05) is 97.1 Å². The van der Waals surface area contributed by atoms with Crippen molar-refractivity contribution in [3.8, 4) is 0 Å². The van der Waals surface area contributed by atoms with E-state index in [0.29, 0.717) is 39.8 Å². The van der Waals surface area contributed by atoms with Gasteiger partial charge >= 0.3 is 0 Å². The summed E-state index contributed by atoms with van der Waals surface area (Å²) in [6.07, 6.45) is 0.636. The SMILES string of the molecule is CC(=O)c1ccccc1C(=O)c1ccc(Cc2ccc(C(=O)c3ccccc3C(C)=O)cc2)cc1. The number of rotatable bonds is 8. The van der Waals surface area contributed by atoms with Crippen molar-refractivity contribution in [2.75, 3.05) is 0 Å². The van der Waals surface area contributed by atoms with Gasteiger partial charge in [0.05, 0.1) is 0 Å². The van der Waals surface area contributed by atoms with Crippen LogP contribution < -0.4 is 0 Å². The first-order chi connectivity index (χ1) is 16.8. The molecule has 0 aliphatic heterocycles. The second-order valence-corrected chi connectivity index (χ2v) is 8.43. The van der Waals surface area contributed by atoms with Crippen molar-refractivity contribution in [3.05, 3.63) is 142 Å². The Kier molecular flexibility index (Phi) is 6.93. The minimum atomic E-state index is -0.184. The van der Waals surface area contributed by atoms with Crippen molar-refractivity contribution < 1.29 is 19.2 Å². The Morgan fingerprint density at radius 2 is 0.771 bits per heavy atom. The van der Waals surface area contributed by atoms with Gasteiger partial charge in [-0.2, -0.15) is 0 Å². The zero-order valence-electron chi connectivity index (χ0n) is 19.6. The first-order valence-electron chi connectivity index (χ1n) is 11.3. The van der Waals surface area contributed by atoms with E-state index in [-0.39, 0.29) is 23.1 Å². The monoisotopic (exact) mass is 460 g/mol. The quantitative estimate of drug-likeness (QED) is 0.296. The number of hydrogen-bond donors (Lipinski definition) is 0. The average molecular weight is 461 g/mol. The molecule has 0 radical (unpaired) electrons. The minimum Gasteiger partial charge on any atom is -0.294 e. The molecule has 4 aromatic carbocycles. The Labute approximate surface area is 204 Å². The van der Waals surface area contributed by atoms with Crippen LogP contribution in [0.15, 0.2) is 97.1 Å². The lowest BCUT2D eigenvalue weighted by atomic mass is 9.94. The molecule has 0 aliphatic carbocycles. The van der Waals surface area contributed by atoms with E-state index in [0.717, 1.165) is 11.1 Å². The summed E-state index contributed by atoms with van der Waals surface area (Å²) in [5.41, 5.74) is 4.72. The van der Waals surface area contributed by atoms with Crippen LogP contribution in [0, 0.1) is 0 Å². The van der Waals surface area contributed by atoms with Crippen LogP contribution in [0.2, 0.25) is 0 Å². The number of carbonyl (C=O) groups excluding carboxylic acids is 4. The first-order valence-corrected chi connectivity index (χ1v) is 11.3. The van der Waals surface area contributed by atoms with Crippen molar-refractivity contribution >= 4 is 23.1 Å². The highest BCUT2D eigenvalue weighted by atomic mass is 16.1. The van der Waals surface area contributed by atoms with Gasteiger partial charge in [0, 0.05) is 33.4 Å². The molecule has 0 spiro atoms. The van der Waals surface area contributed by atoms with Crippen molar-refractivity contribution in [1.29, 1.82) is 0 Å². The van der Waals surface area contributed by atoms with Crippen molar-refractivity contribution in [3.63, 3.8) is 0 Å². The molecule has 0 bridgehead atoms. The molecule has 4 heteroatoms. The Morgan fingerprint density at radius 3 is 1.09 bits per heavy atom. The van der Waals surface area contributed by atoms with Crippen LogP contribution in [0.3, 0.4) is 0 Å². The van der Waals surface area contributed by atoms with E-state index in [9.17, 15) is 19.2 Å². The molecule has 0 aromatic heterocycles. The molecule has 35 heavy (non-hydrogen) atoms. The molecule has 4 nitrogen and oxygen atoms in total. The van der Waals surface area contributed by atoms with E-state index in [4.69, 9.17) is 0 Å². The molecule has 0 amide bonds. The predicted molar refractivity (Wildman–Crippen MR) is 135 cm³/mol.